The van der Waals surface area contributed by atoms with E-state index in [9.17, 15) is 4.79 Å². The number of amides is 1. The van der Waals surface area contributed by atoms with E-state index >= 15 is 0 Å². The zero-order valence-electron chi connectivity index (χ0n) is 12.6. The fourth-order valence-corrected chi connectivity index (χ4v) is 4.05. The quantitative estimate of drug-likeness (QED) is 0.805. The van der Waals surface area contributed by atoms with Crippen molar-refractivity contribution in [1.29, 1.82) is 0 Å². The van der Waals surface area contributed by atoms with Gasteiger partial charge < -0.3 is 20.3 Å². The summed E-state index contributed by atoms with van der Waals surface area (Å²) in [5, 5.41) is 8.95. The van der Waals surface area contributed by atoms with Gasteiger partial charge in [0.05, 0.1) is 24.8 Å². The number of rotatable bonds is 2. The summed E-state index contributed by atoms with van der Waals surface area (Å²) < 4.78 is 5.34. The Balaban J connectivity index is 1.96. The van der Waals surface area contributed by atoms with E-state index in [1.54, 1.807) is 11.3 Å². The summed E-state index contributed by atoms with van der Waals surface area (Å²) in [6.07, 6.45) is 0. The Morgan fingerprint density at radius 1 is 1.41 bits per heavy atom. The number of ether oxygens (including phenoxy) is 1. The normalized spacial score (nSPS) is 22.4. The minimum atomic E-state index is -0.177. The molecule has 1 amide bonds. The van der Waals surface area contributed by atoms with Crippen molar-refractivity contribution < 1.29 is 9.53 Å². The molecule has 2 N–H and O–H groups in total. The molecule has 1 atom stereocenters. The highest BCUT2D eigenvalue weighted by Crippen LogP contribution is 2.33. The maximum absolute atomic E-state index is 13.0. The van der Waals surface area contributed by atoms with E-state index in [0.717, 1.165) is 16.1 Å². The van der Waals surface area contributed by atoms with Crippen molar-refractivity contribution in [2.45, 2.75) is 19.9 Å². The van der Waals surface area contributed by atoms with E-state index in [1.165, 1.54) is 5.56 Å². The third-order valence-electron chi connectivity index (χ3n) is 3.96. The molecule has 22 heavy (non-hydrogen) atoms. The molecule has 1 saturated heterocycles. The predicted octanol–water partition coefficient (Wildman–Crippen LogP) is 1.71. The lowest BCUT2D eigenvalue weighted by atomic mass is 9.98. The maximum atomic E-state index is 13.0. The first-order chi connectivity index (χ1) is 10.6. The molecule has 0 radical (unpaired) electrons. The fraction of sp³-hybridized carbons (Fsp3) is 0.467. The fourth-order valence-electron chi connectivity index (χ4n) is 2.79. The SMILES string of the molecule is CC1=C(C(=O)N2CCOCC2)C(c2sccc2C)NC(=S)N1. The van der Waals surface area contributed by atoms with Crippen LogP contribution in [0.2, 0.25) is 0 Å². The Hall–Kier alpha value is -1.44. The molecule has 1 fully saturated rings. The highest BCUT2D eigenvalue weighted by atomic mass is 32.1. The van der Waals surface area contributed by atoms with E-state index in [1.807, 2.05) is 17.2 Å². The van der Waals surface area contributed by atoms with Crippen LogP contribution in [0, 0.1) is 6.92 Å². The topological polar surface area (TPSA) is 53.6 Å². The summed E-state index contributed by atoms with van der Waals surface area (Å²) in [5.74, 6) is 0.0566. The van der Waals surface area contributed by atoms with Gasteiger partial charge in [0.15, 0.2) is 5.11 Å². The van der Waals surface area contributed by atoms with Crippen LogP contribution in [0.1, 0.15) is 23.4 Å². The van der Waals surface area contributed by atoms with Crippen LogP contribution in [0.3, 0.4) is 0 Å². The lowest BCUT2D eigenvalue weighted by molar-refractivity contribution is -0.131. The highest BCUT2D eigenvalue weighted by molar-refractivity contribution is 7.80. The van der Waals surface area contributed by atoms with Crippen molar-refractivity contribution in [2.75, 3.05) is 26.3 Å². The zero-order valence-corrected chi connectivity index (χ0v) is 14.3. The van der Waals surface area contributed by atoms with Crippen molar-refractivity contribution in [3.05, 3.63) is 33.2 Å². The standard InChI is InChI=1S/C15H19N3O2S2/c1-9-3-8-22-13(9)12-11(10(2)16-15(21)17-12)14(19)18-4-6-20-7-5-18/h3,8,12H,4-7H2,1-2H3,(H2,16,17,21). The number of thiophene rings is 1. The van der Waals surface area contributed by atoms with Crippen LogP contribution < -0.4 is 10.6 Å². The van der Waals surface area contributed by atoms with Gasteiger partial charge >= 0.3 is 0 Å². The number of carbonyl (C=O) groups is 1. The summed E-state index contributed by atoms with van der Waals surface area (Å²) >= 11 is 6.92. The first kappa shape index (κ1) is 15.5. The number of carbonyl (C=O) groups excluding carboxylic acids is 1. The number of allylic oxidation sites excluding steroid dienone is 1. The van der Waals surface area contributed by atoms with Crippen LogP contribution in [0.25, 0.3) is 0 Å². The number of hydrogen-bond acceptors (Lipinski definition) is 4. The Bertz CT molecular complexity index is 632. The molecule has 0 spiro atoms. The van der Waals surface area contributed by atoms with Crippen LogP contribution >= 0.6 is 23.6 Å². The molecule has 2 aliphatic rings. The van der Waals surface area contributed by atoms with E-state index in [-0.39, 0.29) is 11.9 Å². The van der Waals surface area contributed by atoms with Gasteiger partial charge in [-0.1, -0.05) is 0 Å². The first-order valence-electron chi connectivity index (χ1n) is 7.27. The number of thiocarbonyl (C=S) groups is 1. The number of aryl methyl sites for hydroxylation is 1. The maximum Gasteiger partial charge on any atom is 0.254 e. The van der Waals surface area contributed by atoms with Crippen LogP contribution in [0.4, 0.5) is 0 Å². The number of morpholine rings is 1. The van der Waals surface area contributed by atoms with E-state index < -0.39 is 0 Å². The van der Waals surface area contributed by atoms with Crippen LogP contribution in [-0.2, 0) is 9.53 Å². The van der Waals surface area contributed by atoms with Gasteiger partial charge in [0.25, 0.3) is 5.91 Å². The van der Waals surface area contributed by atoms with Crippen molar-refractivity contribution in [2.24, 2.45) is 0 Å². The van der Waals surface area contributed by atoms with Crippen LogP contribution in [0.15, 0.2) is 22.7 Å². The summed E-state index contributed by atoms with van der Waals surface area (Å²) in [4.78, 5) is 16.0. The molecule has 1 aromatic rings. The molecule has 0 saturated carbocycles. The predicted molar refractivity (Wildman–Crippen MR) is 90.8 cm³/mol. The van der Waals surface area contributed by atoms with Crippen molar-refractivity contribution >= 4 is 34.6 Å². The molecule has 118 valence electrons. The van der Waals surface area contributed by atoms with Gasteiger partial charge in [-0.2, -0.15) is 0 Å². The Morgan fingerprint density at radius 3 is 2.77 bits per heavy atom. The molecule has 3 heterocycles. The molecule has 0 bridgehead atoms. The molecule has 2 aliphatic heterocycles. The van der Waals surface area contributed by atoms with Gasteiger partial charge in [-0.05, 0) is 43.1 Å². The number of nitrogens with one attached hydrogen (secondary N) is 2. The smallest absolute Gasteiger partial charge is 0.254 e. The molecule has 1 aromatic heterocycles. The van der Waals surface area contributed by atoms with Gasteiger partial charge in [-0.3, -0.25) is 4.79 Å². The molecule has 1 unspecified atom stereocenters. The van der Waals surface area contributed by atoms with E-state index in [0.29, 0.717) is 31.4 Å². The summed E-state index contributed by atoms with van der Waals surface area (Å²) in [5.41, 5.74) is 2.76. The second-order valence-corrected chi connectivity index (χ2v) is 6.80. The van der Waals surface area contributed by atoms with Crippen molar-refractivity contribution in [3.63, 3.8) is 0 Å². The Kier molecular flexibility index (Phi) is 4.46. The molecule has 7 heteroatoms. The third-order valence-corrected chi connectivity index (χ3v) is 5.27. The third kappa shape index (κ3) is 2.88. The second kappa shape index (κ2) is 6.36. The molecular weight excluding hydrogens is 318 g/mol. The van der Waals surface area contributed by atoms with E-state index in [4.69, 9.17) is 17.0 Å². The first-order valence-corrected chi connectivity index (χ1v) is 8.56. The average molecular weight is 337 g/mol. The molecule has 0 aliphatic carbocycles. The van der Waals surface area contributed by atoms with Gasteiger partial charge in [-0.25, -0.2) is 0 Å². The lowest BCUT2D eigenvalue weighted by Gasteiger charge is -2.34. The minimum Gasteiger partial charge on any atom is -0.378 e. The summed E-state index contributed by atoms with van der Waals surface area (Å²) in [6, 6.07) is 1.89. The molecule has 5 nitrogen and oxygen atoms in total. The van der Waals surface area contributed by atoms with Crippen LogP contribution in [-0.4, -0.2) is 42.2 Å². The Morgan fingerprint density at radius 2 is 2.14 bits per heavy atom. The van der Waals surface area contributed by atoms with Crippen molar-refractivity contribution in [3.8, 4) is 0 Å². The van der Waals surface area contributed by atoms with Crippen LogP contribution in [0.5, 0.6) is 0 Å². The molecule has 0 aromatic carbocycles. The van der Waals surface area contributed by atoms with Gasteiger partial charge in [-0.15, -0.1) is 11.3 Å². The monoisotopic (exact) mass is 337 g/mol. The summed E-state index contributed by atoms with van der Waals surface area (Å²) in [7, 11) is 0. The largest absolute Gasteiger partial charge is 0.378 e. The number of hydrogen-bond donors (Lipinski definition) is 2. The Labute approximate surface area is 139 Å². The summed E-state index contributed by atoms with van der Waals surface area (Å²) in [6.45, 7) is 6.44. The van der Waals surface area contributed by atoms with Crippen molar-refractivity contribution in [1.82, 2.24) is 15.5 Å². The van der Waals surface area contributed by atoms with Gasteiger partial charge in [0.1, 0.15) is 0 Å². The van der Waals surface area contributed by atoms with Gasteiger partial charge in [0, 0.05) is 23.7 Å². The molecule has 3 rings (SSSR count). The second-order valence-electron chi connectivity index (χ2n) is 5.44. The number of nitrogens with zero attached hydrogens (tertiary/aromatic N) is 1. The average Bonchev–Trinajstić information content (AvgIpc) is 2.93. The van der Waals surface area contributed by atoms with Gasteiger partial charge in [0.2, 0.25) is 0 Å². The molecular formula is C15H19N3O2S2. The zero-order chi connectivity index (χ0) is 15.7. The highest BCUT2D eigenvalue weighted by Gasteiger charge is 2.34. The lowest BCUT2D eigenvalue weighted by Crippen LogP contribution is -2.49. The van der Waals surface area contributed by atoms with E-state index in [2.05, 4.69) is 23.6 Å². The minimum absolute atomic E-state index is 0.0566.